The van der Waals surface area contributed by atoms with E-state index >= 15 is 0 Å². The number of carbonyl (C=O) groups excluding carboxylic acids is 1. The largest absolute Gasteiger partial charge is 0.494 e. The van der Waals surface area contributed by atoms with Crippen LogP contribution in [0, 0.1) is 0 Å². The second kappa shape index (κ2) is 10.2. The first-order chi connectivity index (χ1) is 10.2. The Morgan fingerprint density at radius 1 is 1.14 bits per heavy atom. The fraction of sp³-hybridized carbons (Fsp3) is 0.562. The van der Waals surface area contributed by atoms with E-state index in [1.165, 1.54) is 12.7 Å². The molecule has 0 atom stereocenters. The van der Waals surface area contributed by atoms with Crippen molar-refractivity contribution in [1.29, 1.82) is 0 Å². The summed E-state index contributed by atoms with van der Waals surface area (Å²) in [6.45, 7) is 5.47. The zero-order valence-electron chi connectivity index (χ0n) is 13.1. The minimum Gasteiger partial charge on any atom is -0.494 e. The summed E-state index contributed by atoms with van der Waals surface area (Å²) in [7, 11) is 3.09. The standard InChI is InChI=1S/C16H25NO4/c1-4-21-15-7-5-14(6-8-15)13-17(11-12-19-2)10-9-16(18)20-3/h5-8H,4,9-13H2,1-3H3. The summed E-state index contributed by atoms with van der Waals surface area (Å²) in [6.07, 6.45) is 0.386. The molecule has 5 heteroatoms. The van der Waals surface area contributed by atoms with Gasteiger partial charge in [-0.25, -0.2) is 0 Å². The van der Waals surface area contributed by atoms with Crippen molar-refractivity contribution in [2.45, 2.75) is 19.9 Å². The van der Waals surface area contributed by atoms with E-state index in [1.54, 1.807) is 7.11 Å². The highest BCUT2D eigenvalue weighted by atomic mass is 16.5. The number of esters is 1. The van der Waals surface area contributed by atoms with Crippen molar-refractivity contribution in [2.75, 3.05) is 40.5 Å². The van der Waals surface area contributed by atoms with Crippen LogP contribution in [-0.4, -0.2) is 51.4 Å². The molecule has 0 heterocycles. The van der Waals surface area contributed by atoms with Crippen LogP contribution in [0.25, 0.3) is 0 Å². The molecule has 0 fully saturated rings. The van der Waals surface area contributed by atoms with Crippen LogP contribution < -0.4 is 4.74 Å². The smallest absolute Gasteiger partial charge is 0.306 e. The number of carbonyl (C=O) groups is 1. The van der Waals surface area contributed by atoms with E-state index in [0.717, 1.165) is 18.8 Å². The molecule has 0 aliphatic carbocycles. The maximum atomic E-state index is 11.3. The zero-order chi connectivity index (χ0) is 15.5. The van der Waals surface area contributed by atoms with Gasteiger partial charge in [0.05, 0.1) is 26.7 Å². The van der Waals surface area contributed by atoms with Crippen LogP contribution in [0.5, 0.6) is 5.75 Å². The third-order valence-corrected chi connectivity index (χ3v) is 3.11. The van der Waals surface area contributed by atoms with Crippen molar-refractivity contribution in [2.24, 2.45) is 0 Å². The van der Waals surface area contributed by atoms with Gasteiger partial charge in [-0.2, -0.15) is 0 Å². The predicted octanol–water partition coefficient (Wildman–Crippen LogP) is 2.10. The summed E-state index contributed by atoms with van der Waals surface area (Å²) in [5.41, 5.74) is 1.18. The molecule has 0 unspecified atom stereocenters. The number of benzene rings is 1. The Morgan fingerprint density at radius 3 is 2.43 bits per heavy atom. The van der Waals surface area contributed by atoms with Crippen LogP contribution in [0.1, 0.15) is 18.9 Å². The van der Waals surface area contributed by atoms with Gasteiger partial charge in [-0.15, -0.1) is 0 Å². The first-order valence-corrected chi connectivity index (χ1v) is 7.19. The minimum absolute atomic E-state index is 0.191. The summed E-state index contributed by atoms with van der Waals surface area (Å²) in [6, 6.07) is 8.02. The van der Waals surface area contributed by atoms with Crippen molar-refractivity contribution in [3.05, 3.63) is 29.8 Å². The Labute approximate surface area is 126 Å². The third-order valence-electron chi connectivity index (χ3n) is 3.11. The van der Waals surface area contributed by atoms with Crippen molar-refractivity contribution in [3.63, 3.8) is 0 Å². The molecule has 1 aromatic carbocycles. The molecular formula is C16H25NO4. The fourth-order valence-corrected chi connectivity index (χ4v) is 1.96. The van der Waals surface area contributed by atoms with Crippen LogP contribution >= 0.6 is 0 Å². The molecule has 118 valence electrons. The zero-order valence-corrected chi connectivity index (χ0v) is 13.1. The topological polar surface area (TPSA) is 48.0 Å². The summed E-state index contributed by atoms with van der Waals surface area (Å²) < 4.78 is 15.2. The lowest BCUT2D eigenvalue weighted by Gasteiger charge is -2.21. The Balaban J connectivity index is 2.55. The molecule has 1 aromatic rings. The maximum Gasteiger partial charge on any atom is 0.306 e. The van der Waals surface area contributed by atoms with Crippen LogP contribution in [-0.2, 0) is 20.8 Å². The first kappa shape index (κ1) is 17.5. The molecule has 21 heavy (non-hydrogen) atoms. The van der Waals surface area contributed by atoms with Crippen LogP contribution in [0.2, 0.25) is 0 Å². The molecule has 0 aromatic heterocycles. The molecule has 0 amide bonds. The van der Waals surface area contributed by atoms with Crippen molar-refractivity contribution in [3.8, 4) is 5.75 Å². The van der Waals surface area contributed by atoms with Crippen molar-refractivity contribution in [1.82, 2.24) is 4.90 Å². The molecule has 5 nitrogen and oxygen atoms in total. The lowest BCUT2D eigenvalue weighted by molar-refractivity contribution is -0.141. The van der Waals surface area contributed by atoms with Crippen LogP contribution in [0.3, 0.4) is 0 Å². The molecule has 1 rings (SSSR count). The number of ether oxygens (including phenoxy) is 3. The summed E-state index contributed by atoms with van der Waals surface area (Å²) in [4.78, 5) is 13.4. The predicted molar refractivity (Wildman–Crippen MR) is 81.4 cm³/mol. The van der Waals surface area contributed by atoms with Gasteiger partial charge in [0.2, 0.25) is 0 Å². The van der Waals surface area contributed by atoms with Gasteiger partial charge in [-0.3, -0.25) is 9.69 Å². The van der Waals surface area contributed by atoms with Gasteiger partial charge >= 0.3 is 5.97 Å². The second-order valence-corrected chi connectivity index (χ2v) is 4.67. The molecule has 0 saturated heterocycles. The molecule has 0 N–H and O–H groups in total. The first-order valence-electron chi connectivity index (χ1n) is 7.19. The van der Waals surface area contributed by atoms with Gasteiger partial charge in [-0.05, 0) is 24.6 Å². The van der Waals surface area contributed by atoms with E-state index in [4.69, 9.17) is 9.47 Å². The summed E-state index contributed by atoms with van der Waals surface area (Å²) in [5, 5.41) is 0. The van der Waals surface area contributed by atoms with Gasteiger partial charge in [0, 0.05) is 26.7 Å². The minimum atomic E-state index is -0.191. The van der Waals surface area contributed by atoms with E-state index in [1.807, 2.05) is 31.2 Å². The average molecular weight is 295 g/mol. The van der Waals surface area contributed by atoms with E-state index in [9.17, 15) is 4.79 Å². The molecule has 0 spiro atoms. The Kier molecular flexibility index (Phi) is 8.47. The summed E-state index contributed by atoms with van der Waals surface area (Å²) in [5.74, 6) is 0.684. The SMILES string of the molecule is CCOc1ccc(CN(CCOC)CCC(=O)OC)cc1. The van der Waals surface area contributed by atoms with Gasteiger partial charge in [0.15, 0.2) is 0 Å². The second-order valence-electron chi connectivity index (χ2n) is 4.67. The molecule has 0 aliphatic heterocycles. The number of rotatable bonds is 10. The molecule has 0 bridgehead atoms. The van der Waals surface area contributed by atoms with Gasteiger partial charge in [0.1, 0.15) is 5.75 Å². The van der Waals surface area contributed by atoms with Crippen molar-refractivity contribution < 1.29 is 19.0 Å². The fourth-order valence-electron chi connectivity index (χ4n) is 1.96. The van der Waals surface area contributed by atoms with Crippen LogP contribution in [0.4, 0.5) is 0 Å². The van der Waals surface area contributed by atoms with Crippen LogP contribution in [0.15, 0.2) is 24.3 Å². The highest BCUT2D eigenvalue weighted by Crippen LogP contribution is 2.13. The maximum absolute atomic E-state index is 11.3. The third kappa shape index (κ3) is 7.11. The average Bonchev–Trinajstić information content (AvgIpc) is 2.51. The number of hydrogen-bond donors (Lipinski definition) is 0. The number of methoxy groups -OCH3 is 2. The number of hydrogen-bond acceptors (Lipinski definition) is 5. The van der Waals surface area contributed by atoms with E-state index in [0.29, 0.717) is 26.2 Å². The van der Waals surface area contributed by atoms with Gasteiger partial charge < -0.3 is 14.2 Å². The Hall–Kier alpha value is -1.59. The molecule has 0 aliphatic rings. The normalized spacial score (nSPS) is 10.7. The summed E-state index contributed by atoms with van der Waals surface area (Å²) >= 11 is 0. The molecule has 0 saturated carbocycles. The highest BCUT2D eigenvalue weighted by Gasteiger charge is 2.09. The number of nitrogens with zero attached hydrogens (tertiary/aromatic N) is 1. The van der Waals surface area contributed by atoms with Gasteiger partial charge in [0.25, 0.3) is 0 Å². The van der Waals surface area contributed by atoms with Crippen molar-refractivity contribution >= 4 is 5.97 Å². The Morgan fingerprint density at radius 2 is 1.86 bits per heavy atom. The monoisotopic (exact) mass is 295 g/mol. The molecular weight excluding hydrogens is 270 g/mol. The molecule has 0 radical (unpaired) electrons. The Bertz CT molecular complexity index is 405. The van der Waals surface area contributed by atoms with Gasteiger partial charge in [-0.1, -0.05) is 12.1 Å². The lowest BCUT2D eigenvalue weighted by atomic mass is 10.2. The van der Waals surface area contributed by atoms with E-state index in [-0.39, 0.29) is 5.97 Å². The highest BCUT2D eigenvalue weighted by molar-refractivity contribution is 5.69. The van der Waals surface area contributed by atoms with E-state index < -0.39 is 0 Å². The lowest BCUT2D eigenvalue weighted by Crippen LogP contribution is -2.29. The quantitative estimate of drug-likeness (QED) is 0.619. The van der Waals surface area contributed by atoms with E-state index in [2.05, 4.69) is 9.64 Å².